The van der Waals surface area contributed by atoms with E-state index in [1.165, 1.54) is 24.5 Å². The molecule has 0 unspecified atom stereocenters. The van der Waals surface area contributed by atoms with Crippen LogP contribution in [0.2, 0.25) is 0 Å². The Morgan fingerprint density at radius 2 is 2.00 bits per heavy atom. The maximum atomic E-state index is 13.5. The number of piperidine rings is 1. The van der Waals surface area contributed by atoms with Crippen molar-refractivity contribution in [3.63, 3.8) is 0 Å². The van der Waals surface area contributed by atoms with Crippen molar-refractivity contribution in [1.29, 1.82) is 5.41 Å². The molecule has 2 heterocycles. The summed E-state index contributed by atoms with van der Waals surface area (Å²) in [4.78, 5) is 23.2. The molecule has 1 amide bonds. The molecule has 1 saturated heterocycles. The van der Waals surface area contributed by atoms with Gasteiger partial charge in [-0.25, -0.2) is 9.37 Å². The first-order valence-electron chi connectivity index (χ1n) is 11.7. The van der Waals surface area contributed by atoms with Gasteiger partial charge >= 0.3 is 0 Å². The molecule has 0 bridgehead atoms. The van der Waals surface area contributed by atoms with Crippen molar-refractivity contribution in [2.24, 2.45) is 0 Å². The van der Waals surface area contributed by atoms with Crippen LogP contribution in [0.4, 0.5) is 21.7 Å². The van der Waals surface area contributed by atoms with E-state index in [1.807, 2.05) is 13.0 Å². The lowest BCUT2D eigenvalue weighted by molar-refractivity contribution is -0.617. The molecule has 2 aromatic carbocycles. The zero-order valence-corrected chi connectivity index (χ0v) is 20.3. The van der Waals surface area contributed by atoms with E-state index in [0.717, 1.165) is 31.5 Å². The normalized spacial score (nSPS) is 14.1. The van der Waals surface area contributed by atoms with E-state index in [-0.39, 0.29) is 17.1 Å². The highest BCUT2D eigenvalue weighted by molar-refractivity contribution is 6.15. The lowest BCUT2D eigenvalue weighted by Crippen LogP contribution is -2.86. The Balaban J connectivity index is 1.53. The van der Waals surface area contributed by atoms with Crippen molar-refractivity contribution in [3.8, 4) is 11.8 Å². The number of aromatic nitrogens is 2. The molecule has 6 N–H and O–H groups in total. The van der Waals surface area contributed by atoms with Gasteiger partial charge in [0.2, 0.25) is 5.82 Å². The number of nitrogen functional groups attached to an aromatic ring is 1. The number of nitrogens with zero attached hydrogens (tertiary/aromatic N) is 3. The average molecular weight is 487 g/mol. The fraction of sp³-hybridized carbons (Fsp3) is 0.259. The van der Waals surface area contributed by atoms with E-state index in [4.69, 9.17) is 11.1 Å². The largest absolute Gasteiger partial charge is 0.383 e. The van der Waals surface area contributed by atoms with E-state index in [0.29, 0.717) is 28.7 Å². The fourth-order valence-electron chi connectivity index (χ4n) is 4.07. The standard InChI is InChI=1S/C27H28FN7O/c1-17-6-8-22(34-27(36)19-4-3-5-20(28)14-19)15-18(17)7-9-23(29)24-25(30)31-16-32-26(24)33-21-10-12-35(2)13-11-21/h3-6,8,14-16,21,29H,10-13H2,1-2H3,(H,34,36)(H3,30,31,32,33)/p+1. The van der Waals surface area contributed by atoms with E-state index < -0.39 is 11.7 Å². The first-order chi connectivity index (χ1) is 17.3. The maximum absolute atomic E-state index is 13.5. The van der Waals surface area contributed by atoms with Crippen LogP contribution in [-0.2, 0) is 0 Å². The monoisotopic (exact) mass is 486 g/mol. The molecule has 0 saturated carbocycles. The molecule has 0 atom stereocenters. The zero-order chi connectivity index (χ0) is 25.7. The van der Waals surface area contributed by atoms with Gasteiger partial charge in [-0.05, 0) is 55.8 Å². The molecule has 1 aliphatic heterocycles. The highest BCUT2D eigenvalue weighted by Gasteiger charge is 2.24. The number of aryl methyl sites for hydroxylation is 1. The van der Waals surface area contributed by atoms with Gasteiger partial charge in [-0.3, -0.25) is 15.5 Å². The summed E-state index contributed by atoms with van der Waals surface area (Å²) in [6.07, 6.45) is 3.45. The van der Waals surface area contributed by atoms with Crippen LogP contribution >= 0.6 is 0 Å². The van der Waals surface area contributed by atoms with Crippen molar-refractivity contribution in [2.75, 3.05) is 31.2 Å². The summed E-state index contributed by atoms with van der Waals surface area (Å²) in [6, 6.07) is 11.2. The van der Waals surface area contributed by atoms with Gasteiger partial charge in [0.25, 0.3) is 5.91 Å². The van der Waals surface area contributed by atoms with Crippen molar-refractivity contribution in [1.82, 2.24) is 14.9 Å². The van der Waals surface area contributed by atoms with Crippen LogP contribution in [0.5, 0.6) is 0 Å². The lowest BCUT2D eigenvalue weighted by Gasteiger charge is -2.27. The summed E-state index contributed by atoms with van der Waals surface area (Å²) in [6.45, 7) is 3.92. The Hall–Kier alpha value is -4.13. The number of hydrogen-bond donors (Lipinski definition) is 4. The third-order valence-corrected chi connectivity index (χ3v) is 6.22. The van der Waals surface area contributed by atoms with Gasteiger partial charge < -0.3 is 16.0 Å². The van der Waals surface area contributed by atoms with Crippen LogP contribution in [-0.4, -0.2) is 52.7 Å². The number of quaternary nitrogens is 1. The number of anilines is 2. The minimum absolute atomic E-state index is 0.0286. The minimum Gasteiger partial charge on any atom is -0.383 e. The van der Waals surface area contributed by atoms with Crippen LogP contribution in [0.15, 0.2) is 48.8 Å². The second-order valence-corrected chi connectivity index (χ2v) is 8.95. The number of carbonyl (C=O) groups excluding carboxylic acids is 1. The topological polar surface area (TPSA) is 125 Å². The van der Waals surface area contributed by atoms with Gasteiger partial charge in [0.05, 0.1) is 6.04 Å². The highest BCUT2D eigenvalue weighted by Crippen LogP contribution is 2.18. The van der Waals surface area contributed by atoms with Crippen LogP contribution in [0, 0.1) is 30.0 Å². The summed E-state index contributed by atoms with van der Waals surface area (Å²) < 4.78 is 13.5. The summed E-state index contributed by atoms with van der Waals surface area (Å²) in [7, 11) is 2.11. The number of hydrogen-bond acceptors (Lipinski definition) is 6. The van der Waals surface area contributed by atoms with Gasteiger partial charge in [0.1, 0.15) is 29.2 Å². The van der Waals surface area contributed by atoms with Crippen LogP contribution in [0.1, 0.15) is 39.9 Å². The molecule has 1 aromatic heterocycles. The van der Waals surface area contributed by atoms with Crippen molar-refractivity contribution in [3.05, 3.63) is 76.9 Å². The molecular weight excluding hydrogens is 457 g/mol. The number of likely N-dealkylation sites (tertiary alicyclic amines) is 1. The number of nitrogens with two attached hydrogens (primary N) is 2. The molecule has 184 valence electrons. The molecular formula is C27H29FN7O+. The SMILES string of the molecule is Cc1ccc(NC(=O)c2cccc(F)c2)cc1C#CC(=N)c1c(N)ncnc1[NH2+]C1CCN(C)CC1. The first-order valence-corrected chi connectivity index (χ1v) is 11.7. The fourth-order valence-corrected chi connectivity index (χ4v) is 4.07. The van der Waals surface area contributed by atoms with E-state index >= 15 is 0 Å². The Kier molecular flexibility index (Phi) is 7.68. The van der Waals surface area contributed by atoms with Gasteiger partial charge in [-0.1, -0.05) is 18.1 Å². The van der Waals surface area contributed by atoms with Gasteiger partial charge in [-0.15, -0.1) is 0 Å². The van der Waals surface area contributed by atoms with Gasteiger partial charge in [0.15, 0.2) is 0 Å². The number of carbonyl (C=O) groups is 1. The Labute approximate surface area is 209 Å². The molecule has 3 aromatic rings. The minimum atomic E-state index is -0.478. The lowest BCUT2D eigenvalue weighted by atomic mass is 10.0. The molecule has 1 aliphatic rings. The Bertz CT molecular complexity index is 1350. The Morgan fingerprint density at radius 3 is 2.75 bits per heavy atom. The van der Waals surface area contributed by atoms with Gasteiger partial charge in [-0.2, -0.15) is 4.98 Å². The number of halogens is 1. The maximum Gasteiger partial charge on any atom is 0.255 e. The van der Waals surface area contributed by atoms with Crippen LogP contribution in [0.25, 0.3) is 0 Å². The molecule has 0 aliphatic carbocycles. The quantitative estimate of drug-likeness (QED) is 0.326. The summed E-state index contributed by atoms with van der Waals surface area (Å²) in [5.41, 5.74) is 8.86. The second-order valence-electron chi connectivity index (χ2n) is 8.95. The third kappa shape index (κ3) is 6.10. The number of rotatable bonds is 5. The second kappa shape index (κ2) is 11.1. The number of amides is 1. The van der Waals surface area contributed by atoms with Crippen molar-refractivity contribution in [2.45, 2.75) is 25.8 Å². The molecule has 0 radical (unpaired) electrons. The summed E-state index contributed by atoms with van der Waals surface area (Å²) in [5.74, 6) is 5.85. The smallest absolute Gasteiger partial charge is 0.255 e. The molecule has 0 spiro atoms. The first kappa shape index (κ1) is 25.0. The summed E-state index contributed by atoms with van der Waals surface area (Å²) >= 11 is 0. The van der Waals surface area contributed by atoms with E-state index in [1.54, 1.807) is 18.2 Å². The van der Waals surface area contributed by atoms with E-state index in [2.05, 4.69) is 44.4 Å². The van der Waals surface area contributed by atoms with Gasteiger partial charge in [0, 0.05) is 42.7 Å². The van der Waals surface area contributed by atoms with E-state index in [9.17, 15) is 9.18 Å². The number of benzene rings is 2. The third-order valence-electron chi connectivity index (χ3n) is 6.22. The highest BCUT2D eigenvalue weighted by atomic mass is 19.1. The molecule has 9 heteroatoms. The molecule has 1 fully saturated rings. The predicted octanol–water partition coefficient (Wildman–Crippen LogP) is 2.47. The Morgan fingerprint density at radius 1 is 1.22 bits per heavy atom. The van der Waals surface area contributed by atoms with Crippen LogP contribution < -0.4 is 16.4 Å². The molecule has 36 heavy (non-hydrogen) atoms. The van der Waals surface area contributed by atoms with Crippen molar-refractivity contribution >= 4 is 28.9 Å². The predicted molar refractivity (Wildman–Crippen MR) is 138 cm³/mol. The van der Waals surface area contributed by atoms with Crippen molar-refractivity contribution < 1.29 is 14.5 Å². The summed E-state index contributed by atoms with van der Waals surface area (Å²) in [5, 5.41) is 13.5. The van der Waals surface area contributed by atoms with Crippen LogP contribution in [0.3, 0.4) is 0 Å². The molecule has 8 nitrogen and oxygen atoms in total. The molecule has 4 rings (SSSR count). The average Bonchev–Trinajstić information content (AvgIpc) is 2.85. The number of nitrogens with one attached hydrogen (secondary N) is 2. The zero-order valence-electron chi connectivity index (χ0n) is 20.3.